The molecule has 0 spiro atoms. The first-order chi connectivity index (χ1) is 16.2. The van der Waals surface area contributed by atoms with E-state index >= 15 is 0 Å². The van der Waals surface area contributed by atoms with Crippen LogP contribution in [0.2, 0.25) is 5.02 Å². The van der Waals surface area contributed by atoms with Gasteiger partial charge in [0, 0.05) is 18.3 Å². The lowest BCUT2D eigenvalue weighted by molar-refractivity contribution is -0.119. The number of carbonyl (C=O) groups excluding carboxylic acids is 3. The number of esters is 1. The Morgan fingerprint density at radius 3 is 2.21 bits per heavy atom. The molecule has 0 atom stereocenters. The normalized spacial score (nSPS) is 10.4. The maximum Gasteiger partial charge on any atom is 0.343 e. The van der Waals surface area contributed by atoms with Crippen LogP contribution >= 0.6 is 11.6 Å². The number of anilines is 1. The summed E-state index contributed by atoms with van der Waals surface area (Å²) >= 11 is 6.19. The predicted molar refractivity (Wildman–Crippen MR) is 128 cm³/mol. The van der Waals surface area contributed by atoms with Crippen LogP contribution in [0.3, 0.4) is 0 Å². The second-order valence-electron chi connectivity index (χ2n) is 7.36. The van der Waals surface area contributed by atoms with Gasteiger partial charge in [-0.3, -0.25) is 9.59 Å². The highest BCUT2D eigenvalue weighted by atomic mass is 35.5. The first-order valence-electron chi connectivity index (χ1n) is 10.1. The molecule has 0 aliphatic rings. The van der Waals surface area contributed by atoms with Crippen LogP contribution in [0.1, 0.15) is 26.3 Å². The highest BCUT2D eigenvalue weighted by molar-refractivity contribution is 6.32. The SMILES string of the molecule is COc1cc(C(=O)Oc2ccc(N(C)C(=O)c3ccc(C)cc3)cc2)cc(Cl)c1OCC(N)=O. The molecule has 8 nitrogen and oxygen atoms in total. The topological polar surface area (TPSA) is 108 Å². The Morgan fingerprint density at radius 2 is 1.62 bits per heavy atom. The maximum absolute atomic E-state index is 12.7. The minimum atomic E-state index is -0.684. The van der Waals surface area contributed by atoms with Crippen molar-refractivity contribution in [3.05, 3.63) is 82.4 Å². The molecule has 0 saturated heterocycles. The zero-order chi connectivity index (χ0) is 24.8. The fraction of sp³-hybridized carbons (Fsp3) is 0.160. The van der Waals surface area contributed by atoms with E-state index < -0.39 is 18.5 Å². The number of rotatable bonds is 8. The Balaban J connectivity index is 1.72. The van der Waals surface area contributed by atoms with Crippen molar-refractivity contribution in [1.82, 2.24) is 0 Å². The highest BCUT2D eigenvalue weighted by Crippen LogP contribution is 2.36. The fourth-order valence-corrected chi connectivity index (χ4v) is 3.30. The van der Waals surface area contributed by atoms with Crippen LogP contribution in [0.15, 0.2) is 60.7 Å². The van der Waals surface area contributed by atoms with Crippen LogP contribution in [0.5, 0.6) is 17.2 Å². The van der Waals surface area contributed by atoms with Crippen molar-refractivity contribution in [2.24, 2.45) is 5.73 Å². The first kappa shape index (κ1) is 24.6. The molecule has 176 valence electrons. The number of amides is 2. The molecule has 0 aliphatic carbocycles. The molecule has 2 N–H and O–H groups in total. The molecule has 0 saturated carbocycles. The summed E-state index contributed by atoms with van der Waals surface area (Å²) in [4.78, 5) is 37.8. The predicted octanol–water partition coefficient (Wildman–Crippen LogP) is 4.02. The minimum absolute atomic E-state index is 0.0548. The van der Waals surface area contributed by atoms with Crippen LogP contribution < -0.4 is 24.8 Å². The highest BCUT2D eigenvalue weighted by Gasteiger charge is 2.19. The number of carbonyl (C=O) groups is 3. The van der Waals surface area contributed by atoms with Crippen molar-refractivity contribution >= 4 is 35.1 Å². The standard InChI is InChI=1S/C25H23ClN2O6/c1-15-4-6-16(7-5-15)24(30)28(2)18-8-10-19(11-9-18)34-25(31)17-12-20(26)23(21(13-17)32-3)33-14-22(27)29/h4-13H,14H2,1-3H3,(H2,27,29). The molecule has 0 fully saturated rings. The number of halogens is 1. The molecular formula is C25H23ClN2O6. The van der Waals surface area contributed by atoms with Crippen molar-refractivity contribution < 1.29 is 28.6 Å². The summed E-state index contributed by atoms with van der Waals surface area (Å²) in [5.41, 5.74) is 7.46. The average Bonchev–Trinajstić information content (AvgIpc) is 2.82. The lowest BCUT2D eigenvalue weighted by Crippen LogP contribution is -2.26. The van der Waals surface area contributed by atoms with E-state index in [1.54, 1.807) is 43.4 Å². The zero-order valence-corrected chi connectivity index (χ0v) is 19.6. The van der Waals surface area contributed by atoms with E-state index in [1.165, 1.54) is 24.1 Å². The number of primary amides is 1. The van der Waals surface area contributed by atoms with E-state index in [9.17, 15) is 14.4 Å². The largest absolute Gasteiger partial charge is 0.493 e. The van der Waals surface area contributed by atoms with Crippen molar-refractivity contribution in [2.45, 2.75) is 6.92 Å². The molecule has 3 rings (SSSR count). The van der Waals surface area contributed by atoms with Gasteiger partial charge in [0.05, 0.1) is 17.7 Å². The molecular weight excluding hydrogens is 460 g/mol. The Morgan fingerprint density at radius 1 is 0.971 bits per heavy atom. The van der Waals surface area contributed by atoms with Gasteiger partial charge in [0.15, 0.2) is 18.1 Å². The number of ether oxygens (including phenoxy) is 3. The number of hydrogen-bond acceptors (Lipinski definition) is 6. The van der Waals surface area contributed by atoms with Crippen molar-refractivity contribution in [3.8, 4) is 17.2 Å². The molecule has 0 radical (unpaired) electrons. The second-order valence-corrected chi connectivity index (χ2v) is 7.77. The van der Waals surface area contributed by atoms with E-state index in [-0.39, 0.29) is 33.7 Å². The van der Waals surface area contributed by atoms with Crippen LogP contribution in [-0.4, -0.2) is 38.5 Å². The van der Waals surface area contributed by atoms with Gasteiger partial charge in [0.25, 0.3) is 11.8 Å². The van der Waals surface area contributed by atoms with Gasteiger partial charge in [0.1, 0.15) is 5.75 Å². The van der Waals surface area contributed by atoms with Gasteiger partial charge in [0.2, 0.25) is 0 Å². The Kier molecular flexibility index (Phi) is 7.75. The number of nitrogens with zero attached hydrogens (tertiary/aromatic N) is 1. The van der Waals surface area contributed by atoms with Gasteiger partial charge in [-0.2, -0.15) is 0 Å². The molecule has 2 amide bonds. The van der Waals surface area contributed by atoms with E-state index in [0.29, 0.717) is 11.3 Å². The van der Waals surface area contributed by atoms with Gasteiger partial charge in [-0.1, -0.05) is 29.3 Å². The second kappa shape index (κ2) is 10.7. The maximum atomic E-state index is 12.7. The van der Waals surface area contributed by atoms with Crippen LogP contribution in [0.25, 0.3) is 0 Å². The van der Waals surface area contributed by atoms with Gasteiger partial charge < -0.3 is 24.8 Å². The smallest absolute Gasteiger partial charge is 0.343 e. The van der Waals surface area contributed by atoms with Crippen LogP contribution in [0.4, 0.5) is 5.69 Å². The van der Waals surface area contributed by atoms with Crippen molar-refractivity contribution in [2.75, 3.05) is 25.7 Å². The average molecular weight is 483 g/mol. The third-order valence-electron chi connectivity index (χ3n) is 4.86. The monoisotopic (exact) mass is 482 g/mol. The van der Waals surface area contributed by atoms with Gasteiger partial charge >= 0.3 is 5.97 Å². The molecule has 0 aromatic heterocycles. The molecule has 9 heteroatoms. The number of nitrogens with two attached hydrogens (primary N) is 1. The summed E-state index contributed by atoms with van der Waals surface area (Å²) in [6.07, 6.45) is 0. The molecule has 0 bridgehead atoms. The third-order valence-corrected chi connectivity index (χ3v) is 5.14. The van der Waals surface area contributed by atoms with Gasteiger partial charge in [-0.15, -0.1) is 0 Å². The van der Waals surface area contributed by atoms with Gasteiger partial charge in [-0.25, -0.2) is 4.79 Å². The molecule has 34 heavy (non-hydrogen) atoms. The summed E-state index contributed by atoms with van der Waals surface area (Å²) in [6.45, 7) is 1.56. The molecule has 3 aromatic carbocycles. The number of aryl methyl sites for hydroxylation is 1. The van der Waals surface area contributed by atoms with Crippen molar-refractivity contribution in [1.29, 1.82) is 0 Å². The number of methoxy groups -OCH3 is 1. The lowest BCUT2D eigenvalue weighted by Gasteiger charge is -2.18. The Bertz CT molecular complexity index is 1210. The van der Waals surface area contributed by atoms with Crippen molar-refractivity contribution in [3.63, 3.8) is 0 Å². The summed E-state index contributed by atoms with van der Waals surface area (Å²) < 4.78 is 15.9. The first-order valence-corrected chi connectivity index (χ1v) is 10.5. The zero-order valence-electron chi connectivity index (χ0n) is 18.8. The molecule has 0 heterocycles. The lowest BCUT2D eigenvalue weighted by atomic mass is 10.1. The quantitative estimate of drug-likeness (QED) is 0.384. The minimum Gasteiger partial charge on any atom is -0.493 e. The fourth-order valence-electron chi connectivity index (χ4n) is 3.03. The van der Waals surface area contributed by atoms with E-state index in [0.717, 1.165) is 5.56 Å². The summed E-state index contributed by atoms with van der Waals surface area (Å²) in [5.74, 6) is -1.02. The van der Waals surface area contributed by atoms with Crippen LogP contribution in [-0.2, 0) is 4.79 Å². The Hall–Kier alpha value is -4.04. The van der Waals surface area contributed by atoms with Crippen LogP contribution in [0, 0.1) is 6.92 Å². The summed E-state index contributed by atoms with van der Waals surface area (Å²) in [6, 6.07) is 16.5. The summed E-state index contributed by atoms with van der Waals surface area (Å²) in [7, 11) is 3.03. The van der Waals surface area contributed by atoms with E-state index in [2.05, 4.69) is 0 Å². The molecule has 0 unspecified atom stereocenters. The molecule has 0 aliphatic heterocycles. The van der Waals surface area contributed by atoms with E-state index in [4.69, 9.17) is 31.5 Å². The Labute approximate surface area is 201 Å². The van der Waals surface area contributed by atoms with E-state index in [1.807, 2.05) is 19.1 Å². The third kappa shape index (κ3) is 5.85. The molecule has 3 aromatic rings. The van der Waals surface area contributed by atoms with Gasteiger partial charge in [-0.05, 0) is 55.5 Å². The summed E-state index contributed by atoms with van der Waals surface area (Å²) in [5, 5.41) is 0.0548. The number of hydrogen-bond donors (Lipinski definition) is 1. The number of benzene rings is 3.